The number of nitrogens with one attached hydrogen (secondary N) is 2. The van der Waals surface area contributed by atoms with Crippen LogP contribution in [-0.2, 0) is 0 Å². The molecule has 0 radical (unpaired) electrons. The van der Waals surface area contributed by atoms with Gasteiger partial charge in [0.05, 0.1) is 5.52 Å². The highest BCUT2D eigenvalue weighted by Crippen LogP contribution is 2.24. The number of aromatic nitrogens is 2. The minimum Gasteiger partial charge on any atom is -0.347 e. The maximum atomic E-state index is 12.9. The molecule has 0 unspecified atom stereocenters. The summed E-state index contributed by atoms with van der Waals surface area (Å²) in [5.41, 5.74) is 2.61. The first kappa shape index (κ1) is 18.6. The molecule has 6 nitrogen and oxygen atoms in total. The number of imidazole rings is 1. The Bertz CT molecular complexity index is 989. The molecule has 0 bridgehead atoms. The summed E-state index contributed by atoms with van der Waals surface area (Å²) in [5.74, 6) is -0.183. The van der Waals surface area contributed by atoms with Crippen molar-refractivity contribution in [3.63, 3.8) is 0 Å². The number of pyridine rings is 1. The van der Waals surface area contributed by atoms with Gasteiger partial charge in [-0.3, -0.25) is 14.0 Å². The third-order valence-electron chi connectivity index (χ3n) is 4.22. The lowest BCUT2D eigenvalue weighted by Gasteiger charge is -2.13. The van der Waals surface area contributed by atoms with E-state index in [1.54, 1.807) is 22.7 Å². The molecule has 0 spiro atoms. The Balaban J connectivity index is 2.00. The number of nitrogens with zero attached hydrogens (tertiary/aromatic N) is 2. The zero-order valence-corrected chi connectivity index (χ0v) is 16.0. The van der Waals surface area contributed by atoms with Crippen LogP contribution in [0.2, 0.25) is 0 Å². The van der Waals surface area contributed by atoms with Crippen LogP contribution < -0.4 is 10.6 Å². The molecule has 0 atom stereocenters. The van der Waals surface area contributed by atoms with Gasteiger partial charge >= 0.3 is 0 Å². The first-order valence-corrected chi connectivity index (χ1v) is 9.06. The van der Waals surface area contributed by atoms with Gasteiger partial charge in [0.1, 0.15) is 0 Å². The maximum Gasteiger partial charge on any atom is 0.287 e. The van der Waals surface area contributed by atoms with Crippen LogP contribution in [0.25, 0.3) is 5.52 Å². The summed E-state index contributed by atoms with van der Waals surface area (Å²) < 4.78 is 1.64. The molecular weight excluding hydrogens is 340 g/mol. The van der Waals surface area contributed by atoms with Crippen molar-refractivity contribution >= 4 is 23.0 Å². The maximum absolute atomic E-state index is 12.9. The zero-order valence-electron chi connectivity index (χ0n) is 16.0. The molecule has 0 aliphatic heterocycles. The molecule has 0 aliphatic carbocycles. The Kier molecular flexibility index (Phi) is 5.26. The van der Waals surface area contributed by atoms with E-state index in [9.17, 15) is 9.59 Å². The third-order valence-corrected chi connectivity index (χ3v) is 4.22. The van der Waals surface area contributed by atoms with Crippen LogP contribution >= 0.6 is 0 Å². The van der Waals surface area contributed by atoms with Gasteiger partial charge in [-0.05, 0) is 43.5 Å². The molecule has 0 saturated carbocycles. The molecule has 1 aromatic carbocycles. The van der Waals surface area contributed by atoms with E-state index in [4.69, 9.17) is 0 Å². The van der Waals surface area contributed by atoms with Gasteiger partial charge in [0.25, 0.3) is 11.8 Å². The summed E-state index contributed by atoms with van der Waals surface area (Å²) in [6.07, 6.45) is 1.73. The van der Waals surface area contributed by atoms with E-state index in [-0.39, 0.29) is 35.3 Å². The number of fused-ring (bicyclic) bond motifs is 1. The van der Waals surface area contributed by atoms with E-state index >= 15 is 0 Å². The monoisotopic (exact) mass is 364 g/mol. The predicted molar refractivity (Wildman–Crippen MR) is 106 cm³/mol. The largest absolute Gasteiger partial charge is 0.347 e. The molecule has 0 fully saturated rings. The van der Waals surface area contributed by atoms with Gasteiger partial charge in [0, 0.05) is 17.9 Å². The molecule has 3 aromatic rings. The van der Waals surface area contributed by atoms with Crippen LogP contribution in [0.1, 0.15) is 60.3 Å². The number of rotatable bonds is 5. The lowest BCUT2D eigenvalue weighted by Crippen LogP contribution is -2.31. The molecule has 2 aromatic heterocycles. The van der Waals surface area contributed by atoms with Gasteiger partial charge in [-0.1, -0.05) is 38.1 Å². The van der Waals surface area contributed by atoms with Crippen LogP contribution in [0.5, 0.6) is 0 Å². The highest BCUT2D eigenvalue weighted by molar-refractivity contribution is 6.09. The van der Waals surface area contributed by atoms with Gasteiger partial charge in [0.15, 0.2) is 5.69 Å². The van der Waals surface area contributed by atoms with E-state index in [0.29, 0.717) is 5.52 Å². The van der Waals surface area contributed by atoms with Gasteiger partial charge in [0.2, 0.25) is 5.82 Å². The fraction of sp³-hybridized carbons (Fsp3) is 0.286. The van der Waals surface area contributed by atoms with Gasteiger partial charge in [-0.2, -0.15) is 0 Å². The van der Waals surface area contributed by atoms with E-state index in [1.165, 1.54) is 0 Å². The number of carbonyl (C=O) groups excluding carboxylic acids is 2. The number of hydrogen-bond donors (Lipinski definition) is 2. The number of anilines is 1. The smallest absolute Gasteiger partial charge is 0.287 e. The first-order valence-electron chi connectivity index (χ1n) is 9.06. The van der Waals surface area contributed by atoms with Crippen molar-refractivity contribution in [2.24, 2.45) is 0 Å². The van der Waals surface area contributed by atoms with Crippen molar-refractivity contribution in [1.82, 2.24) is 14.7 Å². The average molecular weight is 364 g/mol. The molecule has 27 heavy (non-hydrogen) atoms. The SMILES string of the molecule is CC(C)NC(=O)c1nc(C(=O)Nc2ccccc2C(C)C)c2ccccn12. The van der Waals surface area contributed by atoms with Crippen molar-refractivity contribution < 1.29 is 9.59 Å². The Morgan fingerprint density at radius 1 is 0.963 bits per heavy atom. The molecule has 3 rings (SSSR count). The minimum atomic E-state index is -0.338. The fourth-order valence-electron chi connectivity index (χ4n) is 2.99. The summed E-state index contributed by atoms with van der Waals surface area (Å²) in [6, 6.07) is 13.1. The first-order chi connectivity index (χ1) is 12.9. The summed E-state index contributed by atoms with van der Waals surface area (Å²) in [6.45, 7) is 7.91. The number of amides is 2. The quantitative estimate of drug-likeness (QED) is 0.722. The number of benzene rings is 1. The number of para-hydroxylation sites is 1. The molecule has 140 valence electrons. The van der Waals surface area contributed by atoms with Crippen molar-refractivity contribution in [3.8, 4) is 0 Å². The summed E-state index contributed by atoms with van der Waals surface area (Å²) in [5, 5.41) is 5.77. The van der Waals surface area contributed by atoms with Crippen LogP contribution in [-0.4, -0.2) is 27.2 Å². The molecule has 2 heterocycles. The van der Waals surface area contributed by atoms with Gasteiger partial charge < -0.3 is 10.6 Å². The van der Waals surface area contributed by atoms with Gasteiger partial charge in [-0.25, -0.2) is 4.98 Å². The molecular formula is C21H24N4O2. The molecule has 0 saturated heterocycles. The van der Waals surface area contributed by atoms with Crippen molar-refractivity contribution in [2.75, 3.05) is 5.32 Å². The second-order valence-corrected chi connectivity index (χ2v) is 7.06. The Morgan fingerprint density at radius 3 is 2.37 bits per heavy atom. The second-order valence-electron chi connectivity index (χ2n) is 7.06. The molecule has 6 heteroatoms. The highest BCUT2D eigenvalue weighted by Gasteiger charge is 2.22. The van der Waals surface area contributed by atoms with E-state index in [0.717, 1.165) is 11.3 Å². The van der Waals surface area contributed by atoms with Crippen molar-refractivity contribution in [2.45, 2.75) is 39.7 Å². The van der Waals surface area contributed by atoms with Crippen LogP contribution in [0.15, 0.2) is 48.7 Å². The van der Waals surface area contributed by atoms with E-state index in [2.05, 4.69) is 29.5 Å². The predicted octanol–water partition coefficient (Wildman–Crippen LogP) is 3.85. The van der Waals surface area contributed by atoms with Crippen LogP contribution in [0, 0.1) is 0 Å². The topological polar surface area (TPSA) is 75.5 Å². The van der Waals surface area contributed by atoms with E-state index < -0.39 is 0 Å². The summed E-state index contributed by atoms with van der Waals surface area (Å²) >= 11 is 0. The van der Waals surface area contributed by atoms with Gasteiger partial charge in [-0.15, -0.1) is 0 Å². The lowest BCUT2D eigenvalue weighted by molar-refractivity contribution is 0.0932. The zero-order chi connectivity index (χ0) is 19.6. The van der Waals surface area contributed by atoms with Crippen LogP contribution in [0.4, 0.5) is 5.69 Å². The molecule has 2 N–H and O–H groups in total. The van der Waals surface area contributed by atoms with E-state index in [1.807, 2.05) is 44.2 Å². The lowest BCUT2D eigenvalue weighted by atomic mass is 10.0. The minimum absolute atomic E-state index is 0.0243. The highest BCUT2D eigenvalue weighted by atomic mass is 16.2. The number of carbonyl (C=O) groups is 2. The Morgan fingerprint density at radius 2 is 1.67 bits per heavy atom. The molecule has 2 amide bonds. The Labute approximate surface area is 158 Å². The standard InChI is InChI=1S/C21H24N4O2/c1-13(2)15-9-5-6-10-16(15)23-20(26)18-17-11-7-8-12-25(17)19(24-18)21(27)22-14(3)4/h5-14H,1-4H3,(H,22,27)(H,23,26). The third kappa shape index (κ3) is 3.84. The average Bonchev–Trinajstić information content (AvgIpc) is 3.01. The van der Waals surface area contributed by atoms with Crippen LogP contribution in [0.3, 0.4) is 0 Å². The normalized spacial score (nSPS) is 11.2. The molecule has 0 aliphatic rings. The Hall–Kier alpha value is -3.15. The van der Waals surface area contributed by atoms with Crippen molar-refractivity contribution in [3.05, 3.63) is 65.7 Å². The summed E-state index contributed by atoms with van der Waals surface area (Å²) in [4.78, 5) is 29.8. The second kappa shape index (κ2) is 7.61. The van der Waals surface area contributed by atoms with Crippen molar-refractivity contribution in [1.29, 1.82) is 0 Å². The number of hydrogen-bond acceptors (Lipinski definition) is 3. The summed E-state index contributed by atoms with van der Waals surface area (Å²) in [7, 11) is 0. The fourth-order valence-corrected chi connectivity index (χ4v) is 2.99.